The Morgan fingerprint density at radius 3 is 1.81 bits per heavy atom. The summed E-state index contributed by atoms with van der Waals surface area (Å²) in [6.07, 6.45) is 15.7. The maximum absolute atomic E-state index is 6.92. The van der Waals surface area contributed by atoms with Crippen molar-refractivity contribution in [3.05, 3.63) is 60.7 Å². The van der Waals surface area contributed by atoms with Crippen molar-refractivity contribution < 1.29 is 8.85 Å². The second-order valence-corrected chi connectivity index (χ2v) is 12.1. The van der Waals surface area contributed by atoms with Crippen molar-refractivity contribution in [2.24, 2.45) is 5.92 Å². The van der Waals surface area contributed by atoms with Gasteiger partial charge in [0.25, 0.3) is 0 Å². The fourth-order valence-electron chi connectivity index (χ4n) is 4.72. The van der Waals surface area contributed by atoms with Gasteiger partial charge in [0.1, 0.15) is 0 Å². The minimum atomic E-state index is -2.71. The molecule has 0 amide bonds. The molecule has 1 saturated carbocycles. The molecule has 0 radical (unpaired) electrons. The molecule has 0 aromatic heterocycles. The van der Waals surface area contributed by atoms with E-state index >= 15 is 0 Å². The van der Waals surface area contributed by atoms with Crippen LogP contribution in [0.15, 0.2) is 60.7 Å². The summed E-state index contributed by atoms with van der Waals surface area (Å²) in [5, 5.41) is 2.47. The van der Waals surface area contributed by atoms with Gasteiger partial charge in [-0.05, 0) is 35.6 Å². The summed E-state index contributed by atoms with van der Waals surface area (Å²) >= 11 is 0. The molecule has 2 aromatic rings. The largest absolute Gasteiger partial charge is 0.407 e. The molecule has 0 N–H and O–H groups in total. The molecule has 3 heteroatoms. The highest BCUT2D eigenvalue weighted by atomic mass is 28.4. The lowest BCUT2D eigenvalue weighted by Crippen LogP contribution is -2.64. The zero-order valence-corrected chi connectivity index (χ0v) is 20.6. The van der Waals surface area contributed by atoms with Crippen molar-refractivity contribution in [1.82, 2.24) is 0 Å². The maximum Gasteiger partial charge on any atom is 0.407 e. The second-order valence-electron chi connectivity index (χ2n) is 9.13. The fourth-order valence-corrected chi connectivity index (χ4v) is 7.97. The minimum Gasteiger partial charge on any atom is -0.388 e. The summed E-state index contributed by atoms with van der Waals surface area (Å²) in [5.74, 6) is 0.676. The van der Waals surface area contributed by atoms with Crippen LogP contribution in [0.5, 0.6) is 0 Å². The predicted molar refractivity (Wildman–Crippen MR) is 134 cm³/mol. The zero-order valence-electron chi connectivity index (χ0n) is 19.6. The van der Waals surface area contributed by atoms with Crippen LogP contribution >= 0.6 is 0 Å². The number of rotatable bonds is 14. The van der Waals surface area contributed by atoms with E-state index in [2.05, 4.69) is 67.6 Å². The molecule has 0 spiro atoms. The summed E-state index contributed by atoms with van der Waals surface area (Å²) in [5.41, 5.74) is 0. The van der Waals surface area contributed by atoms with E-state index in [1.165, 1.54) is 81.0 Å². The van der Waals surface area contributed by atoms with Crippen molar-refractivity contribution in [3.8, 4) is 0 Å². The van der Waals surface area contributed by atoms with E-state index in [-0.39, 0.29) is 0 Å². The smallest absolute Gasteiger partial charge is 0.388 e. The first-order valence-electron chi connectivity index (χ1n) is 12.7. The maximum atomic E-state index is 6.92. The first kappa shape index (κ1) is 24.2. The third kappa shape index (κ3) is 7.59. The molecule has 31 heavy (non-hydrogen) atoms. The zero-order chi connectivity index (χ0) is 21.6. The predicted octanol–water partition coefficient (Wildman–Crippen LogP) is 6.61. The Kier molecular flexibility index (Phi) is 10.8. The highest BCUT2D eigenvalue weighted by Crippen LogP contribution is 2.25. The molecular weight excluding hydrogens is 396 g/mol. The van der Waals surface area contributed by atoms with Crippen LogP contribution in [0.3, 0.4) is 0 Å². The number of benzene rings is 2. The van der Waals surface area contributed by atoms with Crippen LogP contribution in [0.2, 0.25) is 0 Å². The average Bonchev–Trinajstić information content (AvgIpc) is 2.84. The molecule has 1 aliphatic rings. The van der Waals surface area contributed by atoms with Crippen LogP contribution in [0, 0.1) is 5.92 Å². The standard InChI is InChI=1S/C28H42O2Si/c1-2-3-4-5-6-7-17-24-29-31(27-20-13-9-14-21-27,28-22-15-10-16-23-28)30-25-26-18-11-8-12-19-26/h9-10,13-16,20-23,26H,2-8,11-12,17-19,24-25H2,1H3. The van der Waals surface area contributed by atoms with Crippen molar-refractivity contribution in [1.29, 1.82) is 0 Å². The van der Waals surface area contributed by atoms with Crippen molar-refractivity contribution in [2.75, 3.05) is 13.2 Å². The molecule has 0 unspecified atom stereocenters. The quantitative estimate of drug-likeness (QED) is 0.244. The molecule has 2 aromatic carbocycles. The SMILES string of the molecule is CCCCCCCCCO[Si](OCC1CCCCC1)(c1ccccc1)c1ccccc1. The van der Waals surface area contributed by atoms with Gasteiger partial charge in [0.05, 0.1) is 0 Å². The van der Waals surface area contributed by atoms with E-state index in [0.29, 0.717) is 5.92 Å². The average molecular weight is 439 g/mol. The number of hydrogen-bond acceptors (Lipinski definition) is 2. The summed E-state index contributed by atoms with van der Waals surface area (Å²) in [7, 11) is -2.71. The Balaban J connectivity index is 1.71. The van der Waals surface area contributed by atoms with Gasteiger partial charge in [-0.25, -0.2) is 0 Å². The monoisotopic (exact) mass is 438 g/mol. The molecular formula is C28H42O2Si. The molecule has 0 aliphatic heterocycles. The van der Waals surface area contributed by atoms with Gasteiger partial charge >= 0.3 is 8.56 Å². The minimum absolute atomic E-state index is 0.676. The fraction of sp³-hybridized carbons (Fsp3) is 0.571. The third-order valence-corrected chi connectivity index (χ3v) is 9.98. The summed E-state index contributed by atoms with van der Waals surface area (Å²) in [4.78, 5) is 0. The molecule has 0 bridgehead atoms. The molecule has 170 valence electrons. The summed E-state index contributed by atoms with van der Waals surface area (Å²) in [6.45, 7) is 3.89. The summed E-state index contributed by atoms with van der Waals surface area (Å²) in [6, 6.07) is 21.5. The van der Waals surface area contributed by atoms with Gasteiger partial charge in [-0.1, -0.05) is 125 Å². The van der Waals surface area contributed by atoms with Crippen LogP contribution in [0.1, 0.15) is 84.0 Å². The van der Waals surface area contributed by atoms with Gasteiger partial charge < -0.3 is 8.85 Å². The van der Waals surface area contributed by atoms with Crippen molar-refractivity contribution in [3.63, 3.8) is 0 Å². The van der Waals surface area contributed by atoms with E-state index in [1.54, 1.807) is 0 Å². The Hall–Kier alpha value is -1.42. The van der Waals surface area contributed by atoms with E-state index < -0.39 is 8.56 Å². The van der Waals surface area contributed by atoms with Crippen LogP contribution < -0.4 is 10.4 Å². The van der Waals surface area contributed by atoms with Crippen LogP contribution in [0.4, 0.5) is 0 Å². The van der Waals surface area contributed by atoms with Gasteiger partial charge in [0.2, 0.25) is 0 Å². The Bertz CT molecular complexity index is 658. The van der Waals surface area contributed by atoms with E-state index in [0.717, 1.165) is 19.6 Å². The first-order valence-corrected chi connectivity index (χ1v) is 14.6. The Morgan fingerprint density at radius 1 is 0.677 bits per heavy atom. The molecule has 0 saturated heterocycles. The van der Waals surface area contributed by atoms with Crippen LogP contribution in [-0.2, 0) is 8.85 Å². The highest BCUT2D eigenvalue weighted by Gasteiger charge is 2.43. The lowest BCUT2D eigenvalue weighted by molar-refractivity contribution is 0.146. The lowest BCUT2D eigenvalue weighted by Gasteiger charge is -2.34. The van der Waals surface area contributed by atoms with Gasteiger partial charge in [-0.15, -0.1) is 0 Å². The van der Waals surface area contributed by atoms with Gasteiger partial charge in [-0.2, -0.15) is 0 Å². The van der Waals surface area contributed by atoms with Crippen LogP contribution in [-0.4, -0.2) is 21.8 Å². The Labute approximate surface area is 191 Å². The van der Waals surface area contributed by atoms with Gasteiger partial charge in [0.15, 0.2) is 0 Å². The molecule has 0 atom stereocenters. The lowest BCUT2D eigenvalue weighted by atomic mass is 9.90. The van der Waals surface area contributed by atoms with Gasteiger partial charge in [0, 0.05) is 13.2 Å². The molecule has 1 aliphatic carbocycles. The first-order chi connectivity index (χ1) is 15.3. The number of hydrogen-bond donors (Lipinski definition) is 0. The molecule has 1 fully saturated rings. The van der Waals surface area contributed by atoms with E-state index in [1.807, 2.05) is 0 Å². The molecule has 2 nitrogen and oxygen atoms in total. The molecule has 0 heterocycles. The van der Waals surface area contributed by atoms with Crippen LogP contribution in [0.25, 0.3) is 0 Å². The number of unbranched alkanes of at least 4 members (excludes halogenated alkanes) is 6. The normalized spacial score (nSPS) is 15.3. The van der Waals surface area contributed by atoms with E-state index in [4.69, 9.17) is 8.85 Å². The topological polar surface area (TPSA) is 18.5 Å². The second kappa shape index (κ2) is 13.9. The molecule has 3 rings (SSSR count). The van der Waals surface area contributed by atoms with Crippen molar-refractivity contribution >= 4 is 18.9 Å². The highest BCUT2D eigenvalue weighted by molar-refractivity contribution is 6.92. The Morgan fingerprint density at radius 2 is 1.23 bits per heavy atom. The van der Waals surface area contributed by atoms with Crippen molar-refractivity contribution in [2.45, 2.75) is 84.0 Å². The summed E-state index contributed by atoms with van der Waals surface area (Å²) < 4.78 is 13.8. The third-order valence-electron chi connectivity index (χ3n) is 6.61. The van der Waals surface area contributed by atoms with E-state index in [9.17, 15) is 0 Å². The van der Waals surface area contributed by atoms with Gasteiger partial charge in [-0.3, -0.25) is 0 Å².